The maximum absolute atomic E-state index is 11.7. The number of halogens is 1. The SMILES string of the molecule is CC(N)C(=O)c1c(Cl)nc2n1CCC2. The van der Waals surface area contributed by atoms with Gasteiger partial charge < -0.3 is 10.3 Å². The third-order valence-electron chi connectivity index (χ3n) is 2.43. The van der Waals surface area contributed by atoms with E-state index in [1.807, 2.05) is 4.57 Å². The lowest BCUT2D eigenvalue weighted by Gasteiger charge is -2.06. The number of carbonyl (C=O) groups is 1. The Labute approximate surface area is 87.1 Å². The lowest BCUT2D eigenvalue weighted by molar-refractivity contribution is 0.0959. The maximum atomic E-state index is 11.7. The molecule has 0 fully saturated rings. The number of ketones is 1. The molecule has 1 aromatic heterocycles. The minimum absolute atomic E-state index is 0.129. The van der Waals surface area contributed by atoms with Crippen LogP contribution in [0.15, 0.2) is 0 Å². The first-order valence-electron chi connectivity index (χ1n) is 4.66. The highest BCUT2D eigenvalue weighted by molar-refractivity contribution is 6.32. The summed E-state index contributed by atoms with van der Waals surface area (Å²) in [6, 6.07) is -0.520. The summed E-state index contributed by atoms with van der Waals surface area (Å²) in [6.45, 7) is 2.48. The van der Waals surface area contributed by atoms with Gasteiger partial charge in [-0.1, -0.05) is 11.6 Å². The third kappa shape index (κ3) is 1.35. The third-order valence-corrected chi connectivity index (χ3v) is 2.70. The van der Waals surface area contributed by atoms with E-state index in [1.165, 1.54) is 0 Å². The smallest absolute Gasteiger partial charge is 0.198 e. The Hall–Kier alpha value is -0.870. The molecule has 5 heteroatoms. The molecule has 0 saturated heterocycles. The molecule has 0 aromatic carbocycles. The zero-order valence-electron chi connectivity index (χ0n) is 7.96. The second kappa shape index (κ2) is 3.37. The minimum Gasteiger partial charge on any atom is -0.324 e. The fourth-order valence-corrected chi connectivity index (χ4v) is 2.04. The number of aryl methyl sites for hydroxylation is 1. The standard InChI is InChI=1S/C9H12ClN3O/c1-5(11)8(14)7-9(10)12-6-3-2-4-13(6)7/h5H,2-4,11H2,1H3. The molecular weight excluding hydrogens is 202 g/mol. The van der Waals surface area contributed by atoms with E-state index in [-0.39, 0.29) is 5.78 Å². The lowest BCUT2D eigenvalue weighted by atomic mass is 10.2. The zero-order chi connectivity index (χ0) is 10.3. The lowest BCUT2D eigenvalue weighted by Crippen LogP contribution is -2.28. The fourth-order valence-electron chi connectivity index (χ4n) is 1.74. The van der Waals surface area contributed by atoms with Crippen molar-refractivity contribution >= 4 is 17.4 Å². The zero-order valence-corrected chi connectivity index (χ0v) is 8.71. The number of Topliss-reactive ketones (excluding diaryl/α,β-unsaturated/α-hetero) is 1. The van der Waals surface area contributed by atoms with Gasteiger partial charge in [0, 0.05) is 13.0 Å². The quantitative estimate of drug-likeness (QED) is 0.746. The van der Waals surface area contributed by atoms with Gasteiger partial charge in [0.05, 0.1) is 6.04 Å². The molecule has 1 atom stereocenters. The molecule has 0 aliphatic carbocycles. The second-order valence-electron chi connectivity index (χ2n) is 3.58. The molecular formula is C9H12ClN3O. The molecule has 1 unspecified atom stereocenters. The van der Waals surface area contributed by atoms with Gasteiger partial charge in [0.2, 0.25) is 0 Å². The number of aromatic nitrogens is 2. The number of hydrogen-bond donors (Lipinski definition) is 1. The maximum Gasteiger partial charge on any atom is 0.198 e. The van der Waals surface area contributed by atoms with E-state index >= 15 is 0 Å². The van der Waals surface area contributed by atoms with Crippen molar-refractivity contribution in [2.75, 3.05) is 0 Å². The van der Waals surface area contributed by atoms with E-state index in [9.17, 15) is 4.79 Å². The van der Waals surface area contributed by atoms with E-state index < -0.39 is 6.04 Å². The van der Waals surface area contributed by atoms with Crippen LogP contribution in [0.1, 0.15) is 29.7 Å². The molecule has 2 rings (SSSR count). The van der Waals surface area contributed by atoms with E-state index in [0.717, 1.165) is 25.2 Å². The van der Waals surface area contributed by atoms with Crippen molar-refractivity contribution in [1.82, 2.24) is 9.55 Å². The van der Waals surface area contributed by atoms with Gasteiger partial charge in [-0.15, -0.1) is 0 Å². The van der Waals surface area contributed by atoms with Crippen molar-refractivity contribution in [3.8, 4) is 0 Å². The van der Waals surface area contributed by atoms with E-state index in [4.69, 9.17) is 17.3 Å². The molecule has 0 radical (unpaired) electrons. The predicted octanol–water partition coefficient (Wildman–Crippen LogP) is 1.01. The van der Waals surface area contributed by atoms with Gasteiger partial charge in [0.1, 0.15) is 11.5 Å². The Kier molecular flexibility index (Phi) is 2.33. The van der Waals surface area contributed by atoms with Crippen LogP contribution < -0.4 is 5.73 Å². The number of nitrogens with zero attached hydrogens (tertiary/aromatic N) is 2. The normalized spacial score (nSPS) is 16.8. The molecule has 2 heterocycles. The van der Waals surface area contributed by atoms with Crippen LogP contribution in [0.2, 0.25) is 5.15 Å². The topological polar surface area (TPSA) is 60.9 Å². The largest absolute Gasteiger partial charge is 0.324 e. The molecule has 4 nitrogen and oxygen atoms in total. The summed E-state index contributed by atoms with van der Waals surface area (Å²) in [5.74, 6) is 0.773. The van der Waals surface area contributed by atoms with Crippen LogP contribution in [-0.4, -0.2) is 21.4 Å². The molecule has 2 N–H and O–H groups in total. The number of carbonyl (C=O) groups excluding carboxylic acids is 1. The number of fused-ring (bicyclic) bond motifs is 1. The molecule has 0 saturated carbocycles. The summed E-state index contributed by atoms with van der Waals surface area (Å²) in [5, 5.41) is 0.294. The summed E-state index contributed by atoms with van der Waals surface area (Å²) in [7, 11) is 0. The van der Waals surface area contributed by atoms with Crippen molar-refractivity contribution in [2.45, 2.75) is 32.4 Å². The average Bonchev–Trinajstić information content (AvgIpc) is 2.62. The summed E-state index contributed by atoms with van der Waals surface area (Å²) < 4.78 is 1.88. The van der Waals surface area contributed by atoms with Crippen LogP contribution in [0, 0.1) is 0 Å². The first-order chi connectivity index (χ1) is 6.61. The minimum atomic E-state index is -0.520. The Bertz CT molecular complexity index is 384. The Morgan fingerprint density at radius 1 is 1.71 bits per heavy atom. The van der Waals surface area contributed by atoms with Gasteiger partial charge in [-0.25, -0.2) is 4.98 Å². The molecule has 76 valence electrons. The highest BCUT2D eigenvalue weighted by atomic mass is 35.5. The first kappa shape index (κ1) is 9.68. The average molecular weight is 214 g/mol. The van der Waals surface area contributed by atoms with Crippen molar-refractivity contribution in [2.24, 2.45) is 5.73 Å². The van der Waals surface area contributed by atoms with Crippen LogP contribution in [0.4, 0.5) is 0 Å². The number of nitrogens with two attached hydrogens (primary N) is 1. The van der Waals surface area contributed by atoms with Crippen molar-refractivity contribution in [1.29, 1.82) is 0 Å². The van der Waals surface area contributed by atoms with Gasteiger partial charge in [-0.05, 0) is 13.3 Å². The summed E-state index contributed by atoms with van der Waals surface area (Å²) in [6.07, 6.45) is 1.92. The highest BCUT2D eigenvalue weighted by Gasteiger charge is 2.26. The molecule has 1 aromatic rings. The fraction of sp³-hybridized carbons (Fsp3) is 0.556. The molecule has 1 aliphatic rings. The van der Waals surface area contributed by atoms with E-state index in [2.05, 4.69) is 4.98 Å². The Balaban J connectivity index is 2.47. The summed E-state index contributed by atoms with van der Waals surface area (Å²) in [5.41, 5.74) is 6.02. The molecule has 0 amide bonds. The summed E-state index contributed by atoms with van der Waals surface area (Å²) >= 11 is 5.89. The second-order valence-corrected chi connectivity index (χ2v) is 3.93. The molecule has 1 aliphatic heterocycles. The van der Waals surface area contributed by atoms with Crippen molar-refractivity contribution in [3.05, 3.63) is 16.7 Å². The number of rotatable bonds is 2. The van der Waals surface area contributed by atoms with Gasteiger partial charge in [-0.3, -0.25) is 4.79 Å². The van der Waals surface area contributed by atoms with Gasteiger partial charge in [0.15, 0.2) is 10.9 Å². The molecule has 0 bridgehead atoms. The first-order valence-corrected chi connectivity index (χ1v) is 5.03. The van der Waals surface area contributed by atoms with Crippen LogP contribution in [-0.2, 0) is 13.0 Å². The Morgan fingerprint density at radius 2 is 2.43 bits per heavy atom. The van der Waals surface area contributed by atoms with Gasteiger partial charge in [-0.2, -0.15) is 0 Å². The number of hydrogen-bond acceptors (Lipinski definition) is 3. The van der Waals surface area contributed by atoms with Gasteiger partial charge in [0.25, 0.3) is 0 Å². The van der Waals surface area contributed by atoms with Crippen LogP contribution in [0.25, 0.3) is 0 Å². The molecule has 0 spiro atoms. The summed E-state index contributed by atoms with van der Waals surface area (Å²) in [4.78, 5) is 15.9. The highest BCUT2D eigenvalue weighted by Crippen LogP contribution is 2.24. The van der Waals surface area contributed by atoms with Crippen LogP contribution >= 0.6 is 11.6 Å². The monoisotopic (exact) mass is 213 g/mol. The van der Waals surface area contributed by atoms with E-state index in [1.54, 1.807) is 6.92 Å². The Morgan fingerprint density at radius 3 is 3.07 bits per heavy atom. The van der Waals surface area contributed by atoms with Crippen molar-refractivity contribution < 1.29 is 4.79 Å². The van der Waals surface area contributed by atoms with Crippen LogP contribution in [0.3, 0.4) is 0 Å². The van der Waals surface area contributed by atoms with E-state index in [0.29, 0.717) is 10.8 Å². The van der Waals surface area contributed by atoms with Gasteiger partial charge >= 0.3 is 0 Å². The molecule has 14 heavy (non-hydrogen) atoms. The predicted molar refractivity (Wildman–Crippen MR) is 53.5 cm³/mol. The van der Waals surface area contributed by atoms with Crippen molar-refractivity contribution in [3.63, 3.8) is 0 Å². The van der Waals surface area contributed by atoms with Crippen LogP contribution in [0.5, 0.6) is 0 Å². The number of imidazole rings is 1.